The van der Waals surface area contributed by atoms with Crippen LogP contribution >= 0.6 is 0 Å². The Balaban J connectivity index is 1.31. The molecule has 0 bridgehead atoms. The lowest BCUT2D eigenvalue weighted by molar-refractivity contribution is 0.373. The highest BCUT2D eigenvalue weighted by Crippen LogP contribution is 2.30. The predicted molar refractivity (Wildman–Crippen MR) is 143 cm³/mol. The maximum atomic E-state index is 9.94. The summed E-state index contributed by atoms with van der Waals surface area (Å²) in [6, 6.07) is 23.2. The summed E-state index contributed by atoms with van der Waals surface area (Å²) in [7, 11) is 3.01. The Bertz CT molecular complexity index is 1620. The van der Waals surface area contributed by atoms with E-state index >= 15 is 0 Å². The van der Waals surface area contributed by atoms with Gasteiger partial charge in [0, 0.05) is 18.0 Å². The van der Waals surface area contributed by atoms with Gasteiger partial charge >= 0.3 is 0 Å². The van der Waals surface area contributed by atoms with Gasteiger partial charge in [0.1, 0.15) is 5.52 Å². The summed E-state index contributed by atoms with van der Waals surface area (Å²) in [4.78, 5) is 13.5. The van der Waals surface area contributed by atoms with Gasteiger partial charge in [-0.2, -0.15) is 0 Å². The molecule has 0 saturated heterocycles. The van der Waals surface area contributed by atoms with Crippen LogP contribution in [-0.2, 0) is 0 Å². The average molecular weight is 494 g/mol. The highest BCUT2D eigenvalue weighted by molar-refractivity contribution is 5.86. The van der Waals surface area contributed by atoms with Crippen molar-refractivity contribution in [1.29, 1.82) is 0 Å². The molecule has 0 radical (unpaired) electrons. The number of methoxy groups -OCH3 is 2. The van der Waals surface area contributed by atoms with Crippen molar-refractivity contribution in [2.45, 2.75) is 0 Å². The van der Waals surface area contributed by atoms with E-state index in [1.807, 2.05) is 54.6 Å². The summed E-state index contributed by atoms with van der Waals surface area (Å²) in [6.07, 6.45) is 3.33. The van der Waals surface area contributed by atoms with Crippen LogP contribution in [0.4, 0.5) is 11.4 Å². The van der Waals surface area contributed by atoms with Crippen molar-refractivity contribution < 1.29 is 24.1 Å². The molecule has 184 valence electrons. The summed E-state index contributed by atoms with van der Waals surface area (Å²) >= 11 is 0. The second-order valence-electron chi connectivity index (χ2n) is 8.10. The van der Waals surface area contributed by atoms with Gasteiger partial charge in [-0.25, -0.2) is 4.98 Å². The van der Waals surface area contributed by atoms with Gasteiger partial charge in [-0.1, -0.05) is 0 Å². The third-order valence-corrected chi connectivity index (χ3v) is 5.62. The van der Waals surface area contributed by atoms with Gasteiger partial charge in [-0.15, -0.1) is 0 Å². The Kier molecular flexibility index (Phi) is 6.54. The van der Waals surface area contributed by atoms with Crippen LogP contribution in [0.2, 0.25) is 0 Å². The molecule has 0 aliphatic carbocycles. The summed E-state index contributed by atoms with van der Waals surface area (Å²) in [5.74, 6) is 1.43. The number of aromatic hydroxyl groups is 2. The van der Waals surface area contributed by atoms with Crippen LogP contribution in [-0.4, -0.2) is 41.8 Å². The number of aromatic nitrogens is 1. The normalized spacial score (nSPS) is 11.5. The van der Waals surface area contributed by atoms with Crippen molar-refractivity contribution in [3.8, 4) is 34.5 Å². The molecular weight excluding hydrogens is 470 g/mol. The van der Waals surface area contributed by atoms with Crippen LogP contribution in [0, 0.1) is 0 Å². The van der Waals surface area contributed by atoms with Crippen LogP contribution in [0.25, 0.3) is 22.6 Å². The number of oxazole rings is 1. The van der Waals surface area contributed by atoms with E-state index < -0.39 is 0 Å². The lowest BCUT2D eigenvalue weighted by atomic mass is 10.2. The zero-order chi connectivity index (χ0) is 25.8. The van der Waals surface area contributed by atoms with Crippen molar-refractivity contribution >= 4 is 34.9 Å². The molecule has 5 aromatic rings. The van der Waals surface area contributed by atoms with Gasteiger partial charge in [0.2, 0.25) is 5.89 Å². The number of ether oxygens (including phenoxy) is 2. The maximum absolute atomic E-state index is 9.94. The SMILES string of the molecule is COc1ccc(C=Nc2ccc(-c3nc4cc(N=Cc5ccc(OC)c(O)c5)ccc4o3)cc2)cc1O. The minimum Gasteiger partial charge on any atom is -0.504 e. The van der Waals surface area contributed by atoms with Crippen molar-refractivity contribution in [2.75, 3.05) is 14.2 Å². The molecule has 8 heteroatoms. The molecule has 5 rings (SSSR count). The van der Waals surface area contributed by atoms with Crippen molar-refractivity contribution in [1.82, 2.24) is 4.98 Å². The van der Waals surface area contributed by atoms with Gasteiger partial charge in [0.05, 0.1) is 25.6 Å². The lowest BCUT2D eigenvalue weighted by Crippen LogP contribution is -1.86. The largest absolute Gasteiger partial charge is 0.504 e. The standard InChI is InChI=1S/C29H23N3O5/c1-35-27-10-3-18(13-24(27)33)16-30-21-7-5-20(6-8-21)29-32-23-15-22(9-12-26(23)37-29)31-17-19-4-11-28(36-2)25(34)14-19/h3-17,33-34H,1-2H3. The number of fused-ring (bicyclic) bond motifs is 1. The number of aliphatic imine (C=N–C) groups is 2. The number of nitrogens with zero attached hydrogens (tertiary/aromatic N) is 3. The molecule has 4 aromatic carbocycles. The zero-order valence-corrected chi connectivity index (χ0v) is 20.1. The number of phenolic OH excluding ortho intramolecular Hbond substituents is 2. The van der Waals surface area contributed by atoms with Crippen LogP contribution in [0.1, 0.15) is 11.1 Å². The Morgan fingerprint density at radius 3 is 1.84 bits per heavy atom. The Morgan fingerprint density at radius 2 is 1.27 bits per heavy atom. The molecule has 0 amide bonds. The van der Waals surface area contributed by atoms with Gasteiger partial charge in [0.25, 0.3) is 0 Å². The molecule has 0 fully saturated rings. The van der Waals surface area contributed by atoms with Gasteiger partial charge < -0.3 is 24.1 Å². The van der Waals surface area contributed by atoms with Crippen molar-refractivity contribution in [2.24, 2.45) is 9.98 Å². The lowest BCUT2D eigenvalue weighted by Gasteiger charge is -2.03. The molecule has 1 heterocycles. The number of hydrogen-bond acceptors (Lipinski definition) is 8. The quantitative estimate of drug-likeness (QED) is 0.253. The minimum absolute atomic E-state index is 0.0554. The third kappa shape index (κ3) is 5.28. The first-order valence-corrected chi connectivity index (χ1v) is 11.4. The summed E-state index contributed by atoms with van der Waals surface area (Å²) in [5.41, 5.74) is 5.10. The molecule has 2 N–H and O–H groups in total. The van der Waals surface area contributed by atoms with E-state index in [0.717, 1.165) is 22.4 Å². The van der Waals surface area contributed by atoms with E-state index in [-0.39, 0.29) is 11.5 Å². The number of benzene rings is 4. The molecule has 0 spiro atoms. The van der Waals surface area contributed by atoms with Crippen LogP contribution < -0.4 is 9.47 Å². The smallest absolute Gasteiger partial charge is 0.227 e. The monoisotopic (exact) mass is 493 g/mol. The molecule has 0 aliphatic rings. The molecule has 1 aromatic heterocycles. The highest BCUT2D eigenvalue weighted by Gasteiger charge is 2.09. The average Bonchev–Trinajstić information content (AvgIpc) is 3.35. The molecule has 0 aliphatic heterocycles. The van der Waals surface area contributed by atoms with E-state index in [4.69, 9.17) is 13.9 Å². The first-order valence-electron chi connectivity index (χ1n) is 11.4. The van der Waals surface area contributed by atoms with Crippen molar-refractivity contribution in [3.05, 3.63) is 90.0 Å². The van der Waals surface area contributed by atoms with Gasteiger partial charge in [-0.3, -0.25) is 9.98 Å². The van der Waals surface area contributed by atoms with E-state index in [1.54, 1.807) is 36.7 Å². The molecule has 37 heavy (non-hydrogen) atoms. The van der Waals surface area contributed by atoms with Crippen LogP contribution in [0.3, 0.4) is 0 Å². The van der Waals surface area contributed by atoms with Gasteiger partial charge in [-0.05, 0) is 90.0 Å². The molecule has 0 unspecified atom stereocenters. The number of rotatable bonds is 7. The third-order valence-electron chi connectivity index (χ3n) is 5.62. The zero-order valence-electron chi connectivity index (χ0n) is 20.1. The summed E-state index contributed by atoms with van der Waals surface area (Å²) < 4.78 is 16.1. The summed E-state index contributed by atoms with van der Waals surface area (Å²) in [5, 5.41) is 19.9. The fourth-order valence-corrected chi connectivity index (χ4v) is 3.68. The van der Waals surface area contributed by atoms with Crippen LogP contribution in [0.15, 0.2) is 93.3 Å². The fourth-order valence-electron chi connectivity index (χ4n) is 3.68. The second-order valence-corrected chi connectivity index (χ2v) is 8.10. The highest BCUT2D eigenvalue weighted by atomic mass is 16.5. The Labute approximate surface area is 212 Å². The van der Waals surface area contributed by atoms with Crippen LogP contribution in [0.5, 0.6) is 23.0 Å². The first-order chi connectivity index (χ1) is 18.0. The maximum Gasteiger partial charge on any atom is 0.227 e. The fraction of sp³-hybridized carbons (Fsp3) is 0.0690. The first kappa shape index (κ1) is 23.6. The Morgan fingerprint density at radius 1 is 0.703 bits per heavy atom. The topological polar surface area (TPSA) is 110 Å². The molecular formula is C29H23N3O5. The Hall–Kier alpha value is -5.11. The summed E-state index contributed by atoms with van der Waals surface area (Å²) in [6.45, 7) is 0. The van der Waals surface area contributed by atoms with E-state index in [1.165, 1.54) is 14.2 Å². The predicted octanol–water partition coefficient (Wildman–Crippen LogP) is 6.42. The minimum atomic E-state index is 0.0554. The van der Waals surface area contributed by atoms with E-state index in [9.17, 15) is 10.2 Å². The molecule has 0 saturated carbocycles. The van der Waals surface area contributed by atoms with Gasteiger partial charge in [0.15, 0.2) is 28.6 Å². The van der Waals surface area contributed by atoms with Crippen molar-refractivity contribution in [3.63, 3.8) is 0 Å². The number of hydrogen-bond donors (Lipinski definition) is 2. The van der Waals surface area contributed by atoms with E-state index in [2.05, 4.69) is 15.0 Å². The number of phenols is 2. The van der Waals surface area contributed by atoms with E-state index in [0.29, 0.717) is 34.2 Å². The molecule has 0 atom stereocenters. The molecule has 8 nitrogen and oxygen atoms in total. The second kappa shape index (κ2) is 10.2.